The van der Waals surface area contributed by atoms with Gasteiger partial charge in [0.25, 0.3) is 0 Å². The maximum absolute atomic E-state index is 10.8. The van der Waals surface area contributed by atoms with Crippen molar-refractivity contribution in [3.8, 4) is 64.2 Å². The Balaban J connectivity index is 1.48. The van der Waals surface area contributed by atoms with Gasteiger partial charge in [-0.05, 0) is 72.8 Å². The first-order valence-electron chi connectivity index (χ1n) is 16.9. The molecule has 0 saturated heterocycles. The molecule has 8 nitrogen and oxygen atoms in total. The SMILES string of the molecule is N#Cc1ccc2c3ccc(C#N)cc3n(-c3cc(C#N)c(-c4cccc(-c5ccccc5)n4)cc3-n3c4cc(C#N)ccc4c4ccc(C#N)cc43)c2c1. The second kappa shape index (κ2) is 12.4. The Morgan fingerprint density at radius 1 is 0.389 bits per heavy atom. The van der Waals surface area contributed by atoms with Gasteiger partial charge in [0.15, 0.2) is 0 Å². The van der Waals surface area contributed by atoms with Gasteiger partial charge in [-0.3, -0.25) is 0 Å². The number of benzene rings is 6. The van der Waals surface area contributed by atoms with Crippen molar-refractivity contribution >= 4 is 43.6 Å². The first kappa shape index (κ1) is 31.5. The molecule has 54 heavy (non-hydrogen) atoms. The van der Waals surface area contributed by atoms with Crippen molar-refractivity contribution in [2.75, 3.05) is 0 Å². The van der Waals surface area contributed by atoms with Crippen LogP contribution in [0.1, 0.15) is 27.8 Å². The molecule has 6 aromatic carbocycles. The standard InChI is InChI=1S/C46H22N8/c47-23-28-9-13-34-35-14-10-29(24-48)18-42(35)53(41(34)17-28)45-21-33(27-51)38(40-8-4-7-39(52-40)32-5-2-1-3-6-32)22-46(45)54-43-19-30(25-49)11-15-36(43)37-16-12-31(26-50)20-44(37)54/h1-22H. The van der Waals surface area contributed by atoms with Gasteiger partial charge in [0, 0.05) is 32.7 Å². The fraction of sp³-hybridized carbons (Fsp3) is 0. The van der Waals surface area contributed by atoms with E-state index in [4.69, 9.17) is 4.98 Å². The van der Waals surface area contributed by atoms with Gasteiger partial charge in [-0.25, -0.2) is 4.98 Å². The number of pyridine rings is 1. The summed E-state index contributed by atoms with van der Waals surface area (Å²) in [6, 6.07) is 52.7. The van der Waals surface area contributed by atoms with E-state index in [9.17, 15) is 26.3 Å². The molecule has 0 radical (unpaired) electrons. The number of hydrogen-bond donors (Lipinski definition) is 0. The Morgan fingerprint density at radius 2 is 0.815 bits per heavy atom. The monoisotopic (exact) mass is 686 g/mol. The summed E-state index contributed by atoms with van der Waals surface area (Å²) in [6.45, 7) is 0. The number of hydrogen-bond acceptors (Lipinski definition) is 6. The van der Waals surface area contributed by atoms with Gasteiger partial charge in [-0.15, -0.1) is 0 Å². The molecule has 0 bridgehead atoms. The van der Waals surface area contributed by atoms with Crippen LogP contribution in [0.2, 0.25) is 0 Å². The minimum absolute atomic E-state index is 0.352. The maximum atomic E-state index is 10.8. The van der Waals surface area contributed by atoms with E-state index in [-0.39, 0.29) is 0 Å². The van der Waals surface area contributed by atoms with E-state index in [0.717, 1.165) is 43.8 Å². The summed E-state index contributed by atoms with van der Waals surface area (Å²) in [7, 11) is 0. The van der Waals surface area contributed by atoms with Crippen LogP contribution in [0.3, 0.4) is 0 Å². The molecule has 3 aromatic heterocycles. The van der Waals surface area contributed by atoms with Gasteiger partial charge < -0.3 is 9.13 Å². The zero-order chi connectivity index (χ0) is 36.9. The third-order valence-electron chi connectivity index (χ3n) is 9.86. The number of fused-ring (bicyclic) bond motifs is 6. The molecule has 246 valence electrons. The summed E-state index contributed by atoms with van der Waals surface area (Å²) in [5.41, 5.74) is 9.05. The summed E-state index contributed by atoms with van der Waals surface area (Å²) in [5, 5.41) is 54.4. The lowest BCUT2D eigenvalue weighted by Crippen LogP contribution is -2.06. The van der Waals surface area contributed by atoms with Crippen LogP contribution in [-0.4, -0.2) is 14.1 Å². The van der Waals surface area contributed by atoms with E-state index in [2.05, 4.69) is 30.3 Å². The van der Waals surface area contributed by atoms with Crippen molar-refractivity contribution in [3.63, 3.8) is 0 Å². The Bertz CT molecular complexity index is 3130. The molecule has 0 aliphatic rings. The molecular weight excluding hydrogens is 665 g/mol. The van der Waals surface area contributed by atoms with Crippen molar-refractivity contribution in [2.24, 2.45) is 0 Å². The van der Waals surface area contributed by atoms with E-state index >= 15 is 0 Å². The van der Waals surface area contributed by atoms with E-state index < -0.39 is 0 Å². The second-order valence-corrected chi connectivity index (χ2v) is 12.8. The lowest BCUT2D eigenvalue weighted by Gasteiger charge is -2.19. The Labute approximate surface area is 308 Å². The molecule has 3 heterocycles. The summed E-state index contributed by atoms with van der Waals surface area (Å²) >= 11 is 0. The quantitative estimate of drug-likeness (QED) is 0.180. The average Bonchev–Trinajstić information content (AvgIpc) is 3.73. The molecule has 0 N–H and O–H groups in total. The molecule has 0 saturated carbocycles. The number of nitriles is 5. The molecule has 0 aliphatic heterocycles. The van der Waals surface area contributed by atoms with E-state index in [1.54, 1.807) is 24.3 Å². The molecule has 0 fully saturated rings. The van der Waals surface area contributed by atoms with Gasteiger partial charge in [0.2, 0.25) is 0 Å². The van der Waals surface area contributed by atoms with Gasteiger partial charge in [0.1, 0.15) is 0 Å². The van der Waals surface area contributed by atoms with Crippen molar-refractivity contribution < 1.29 is 0 Å². The van der Waals surface area contributed by atoms with Crippen LogP contribution in [-0.2, 0) is 0 Å². The lowest BCUT2D eigenvalue weighted by atomic mass is 10.0. The van der Waals surface area contributed by atoms with Crippen molar-refractivity contribution in [3.05, 3.63) is 161 Å². The van der Waals surface area contributed by atoms with Crippen LogP contribution in [0.15, 0.2) is 133 Å². The topological polar surface area (TPSA) is 142 Å². The van der Waals surface area contributed by atoms with Gasteiger partial charge in [0.05, 0.1) is 103 Å². The molecule has 8 heteroatoms. The van der Waals surface area contributed by atoms with Gasteiger partial charge in [-0.1, -0.05) is 60.7 Å². The van der Waals surface area contributed by atoms with Crippen LogP contribution in [0.4, 0.5) is 0 Å². The number of aromatic nitrogens is 3. The molecule has 9 rings (SSSR count). The highest BCUT2D eigenvalue weighted by atomic mass is 15.1. The first-order valence-corrected chi connectivity index (χ1v) is 16.9. The van der Waals surface area contributed by atoms with Crippen molar-refractivity contribution in [1.82, 2.24) is 14.1 Å². The summed E-state index contributed by atoms with van der Waals surface area (Å²) in [5.74, 6) is 0. The number of nitrogens with zero attached hydrogens (tertiary/aromatic N) is 8. The minimum atomic E-state index is 0.352. The van der Waals surface area contributed by atoms with Crippen LogP contribution in [0.5, 0.6) is 0 Å². The Hall–Kier alpha value is -8.48. The summed E-state index contributed by atoms with van der Waals surface area (Å²) in [4.78, 5) is 5.04. The highest BCUT2D eigenvalue weighted by Crippen LogP contribution is 2.41. The highest BCUT2D eigenvalue weighted by Gasteiger charge is 2.24. The molecule has 0 atom stereocenters. The average molecular weight is 687 g/mol. The van der Waals surface area contributed by atoms with E-state index in [0.29, 0.717) is 61.5 Å². The van der Waals surface area contributed by atoms with Crippen molar-refractivity contribution in [2.45, 2.75) is 0 Å². The van der Waals surface area contributed by atoms with Crippen LogP contribution >= 0.6 is 0 Å². The zero-order valence-corrected chi connectivity index (χ0v) is 28.3. The normalized spacial score (nSPS) is 10.9. The van der Waals surface area contributed by atoms with Crippen LogP contribution in [0, 0.1) is 56.7 Å². The molecule has 0 amide bonds. The largest absolute Gasteiger partial charge is 0.307 e. The van der Waals surface area contributed by atoms with Gasteiger partial charge in [-0.2, -0.15) is 26.3 Å². The number of rotatable bonds is 4. The third kappa shape index (κ3) is 4.84. The molecule has 0 spiro atoms. The minimum Gasteiger partial charge on any atom is -0.307 e. The fourth-order valence-electron chi connectivity index (χ4n) is 7.43. The predicted octanol–water partition coefficient (Wildman–Crippen LogP) is 9.97. The molecule has 9 aromatic rings. The van der Waals surface area contributed by atoms with E-state index in [1.807, 2.05) is 118 Å². The highest BCUT2D eigenvalue weighted by molar-refractivity contribution is 6.12. The Morgan fingerprint density at radius 3 is 1.24 bits per heavy atom. The van der Waals surface area contributed by atoms with Gasteiger partial charge >= 0.3 is 0 Å². The smallest absolute Gasteiger partial charge is 0.0999 e. The third-order valence-corrected chi connectivity index (χ3v) is 9.86. The van der Waals surface area contributed by atoms with Crippen molar-refractivity contribution in [1.29, 1.82) is 26.3 Å². The molecular formula is C46H22N8. The summed E-state index contributed by atoms with van der Waals surface area (Å²) < 4.78 is 4.01. The molecule has 0 aliphatic carbocycles. The summed E-state index contributed by atoms with van der Waals surface area (Å²) in [6.07, 6.45) is 0. The van der Waals surface area contributed by atoms with Crippen LogP contribution in [0.25, 0.3) is 77.5 Å². The fourth-order valence-corrected chi connectivity index (χ4v) is 7.43. The first-order chi connectivity index (χ1) is 26.5. The lowest BCUT2D eigenvalue weighted by molar-refractivity contribution is 1.09. The zero-order valence-electron chi connectivity index (χ0n) is 28.3. The molecule has 0 unspecified atom stereocenters. The predicted molar refractivity (Wildman–Crippen MR) is 207 cm³/mol. The second-order valence-electron chi connectivity index (χ2n) is 12.8. The Kier molecular flexibility index (Phi) is 7.22. The van der Waals surface area contributed by atoms with Crippen LogP contribution < -0.4 is 0 Å². The maximum Gasteiger partial charge on any atom is 0.0999 e. The van der Waals surface area contributed by atoms with E-state index in [1.165, 1.54) is 0 Å².